The van der Waals surface area contributed by atoms with Crippen molar-refractivity contribution in [3.63, 3.8) is 0 Å². The number of aliphatic imine (C=N–C) groups is 1. The average molecular weight is 369 g/mol. The normalized spacial score (nSPS) is 10.8. The Hall–Kier alpha value is -3.68. The molecule has 0 saturated carbocycles. The van der Waals surface area contributed by atoms with Crippen LogP contribution in [0.5, 0.6) is 17.2 Å². The van der Waals surface area contributed by atoms with Gasteiger partial charge < -0.3 is 31.2 Å². The third-order valence-electron chi connectivity index (χ3n) is 4.12. The van der Waals surface area contributed by atoms with Gasteiger partial charge >= 0.3 is 0 Å². The van der Waals surface area contributed by atoms with Crippen LogP contribution in [0, 0.1) is 0 Å². The Morgan fingerprint density at radius 2 is 1.70 bits per heavy atom. The van der Waals surface area contributed by atoms with Crippen LogP contribution in [-0.4, -0.2) is 27.8 Å². The lowest BCUT2D eigenvalue weighted by atomic mass is 10.0. The Labute approximate surface area is 154 Å². The fourth-order valence-corrected chi connectivity index (χ4v) is 2.73. The summed E-state index contributed by atoms with van der Waals surface area (Å²) < 4.78 is 5.53. The third-order valence-corrected chi connectivity index (χ3v) is 4.12. The average Bonchev–Trinajstić information content (AvgIpc) is 2.65. The van der Waals surface area contributed by atoms with Crippen molar-refractivity contribution in [2.45, 2.75) is 12.8 Å². The lowest BCUT2D eigenvalue weighted by Gasteiger charge is -2.08. The van der Waals surface area contributed by atoms with Crippen LogP contribution in [0.1, 0.15) is 12.0 Å². The molecule has 0 saturated heterocycles. The fraction of sp³-hybridized carbons (Fsp3) is 0.158. The molecular formula is C19H19N3O5. The molecule has 0 bridgehead atoms. The highest BCUT2D eigenvalue weighted by Crippen LogP contribution is 2.37. The van der Waals surface area contributed by atoms with Crippen molar-refractivity contribution in [2.24, 2.45) is 16.5 Å². The van der Waals surface area contributed by atoms with Gasteiger partial charge in [-0.2, -0.15) is 0 Å². The minimum Gasteiger partial charge on any atom is -0.504 e. The molecule has 3 aromatic rings. The summed E-state index contributed by atoms with van der Waals surface area (Å²) in [5, 5.41) is 29.8. The maximum absolute atomic E-state index is 12.3. The number of phenols is 2. The number of fused-ring (bicyclic) bond motifs is 1. The van der Waals surface area contributed by atoms with Crippen molar-refractivity contribution < 1.29 is 19.7 Å². The summed E-state index contributed by atoms with van der Waals surface area (Å²) >= 11 is 0. The molecule has 0 spiro atoms. The first kappa shape index (κ1) is 18.1. The molecule has 1 aromatic heterocycles. The SMILES string of the molecule is NC(N)=NCCCc1ccc(-c2oc3c(O)c(O)ccc3c(=O)c2O)cc1. The highest BCUT2D eigenvalue weighted by Gasteiger charge is 2.18. The molecule has 7 N–H and O–H groups in total. The van der Waals surface area contributed by atoms with Crippen molar-refractivity contribution >= 4 is 16.9 Å². The summed E-state index contributed by atoms with van der Waals surface area (Å²) in [4.78, 5) is 16.3. The van der Waals surface area contributed by atoms with Crippen LogP contribution < -0.4 is 16.9 Å². The van der Waals surface area contributed by atoms with Gasteiger partial charge in [0.25, 0.3) is 0 Å². The minimum atomic E-state index is -0.692. The molecular weight excluding hydrogens is 350 g/mol. The topological polar surface area (TPSA) is 155 Å². The molecule has 0 radical (unpaired) electrons. The molecule has 0 atom stereocenters. The first-order valence-electron chi connectivity index (χ1n) is 8.24. The zero-order valence-electron chi connectivity index (χ0n) is 14.3. The van der Waals surface area contributed by atoms with Crippen molar-refractivity contribution in [2.75, 3.05) is 6.54 Å². The van der Waals surface area contributed by atoms with Crippen LogP contribution in [0.25, 0.3) is 22.3 Å². The molecule has 140 valence electrons. The number of rotatable bonds is 5. The van der Waals surface area contributed by atoms with E-state index in [1.54, 1.807) is 12.1 Å². The predicted molar refractivity (Wildman–Crippen MR) is 102 cm³/mol. The number of hydrogen-bond donors (Lipinski definition) is 5. The number of aromatic hydroxyl groups is 3. The van der Waals surface area contributed by atoms with Gasteiger partial charge in [-0.1, -0.05) is 24.3 Å². The molecule has 2 aromatic carbocycles. The highest BCUT2D eigenvalue weighted by atomic mass is 16.4. The van der Waals surface area contributed by atoms with E-state index in [0.717, 1.165) is 24.5 Å². The second kappa shape index (κ2) is 7.28. The number of benzene rings is 2. The van der Waals surface area contributed by atoms with Crippen LogP contribution in [-0.2, 0) is 6.42 Å². The van der Waals surface area contributed by atoms with E-state index in [1.165, 1.54) is 6.07 Å². The molecule has 27 heavy (non-hydrogen) atoms. The number of guanidine groups is 1. The molecule has 8 heteroatoms. The van der Waals surface area contributed by atoms with Gasteiger partial charge in [0.15, 0.2) is 23.1 Å². The molecule has 0 unspecified atom stereocenters. The number of nitrogens with two attached hydrogens (primary N) is 2. The van der Waals surface area contributed by atoms with Gasteiger partial charge in [0.1, 0.15) is 0 Å². The molecule has 3 rings (SSSR count). The lowest BCUT2D eigenvalue weighted by molar-refractivity contribution is 0.397. The van der Waals surface area contributed by atoms with Crippen LogP contribution in [0.4, 0.5) is 0 Å². The molecule has 1 heterocycles. The maximum atomic E-state index is 12.3. The Bertz CT molecular complexity index is 1070. The second-order valence-corrected chi connectivity index (χ2v) is 6.03. The fourth-order valence-electron chi connectivity index (χ4n) is 2.73. The zero-order chi connectivity index (χ0) is 19.6. The Kier molecular flexibility index (Phi) is 4.89. The monoisotopic (exact) mass is 369 g/mol. The maximum Gasteiger partial charge on any atom is 0.235 e. The highest BCUT2D eigenvalue weighted by molar-refractivity contribution is 5.88. The number of aryl methyl sites for hydroxylation is 1. The van der Waals surface area contributed by atoms with Crippen LogP contribution in [0.15, 0.2) is 50.6 Å². The third kappa shape index (κ3) is 3.64. The quantitative estimate of drug-likeness (QED) is 0.199. The number of nitrogens with zero attached hydrogens (tertiary/aromatic N) is 1. The summed E-state index contributed by atoms with van der Waals surface area (Å²) in [6.45, 7) is 0.521. The zero-order valence-corrected chi connectivity index (χ0v) is 14.3. The summed E-state index contributed by atoms with van der Waals surface area (Å²) in [5.41, 5.74) is 11.2. The number of hydrogen-bond acceptors (Lipinski definition) is 6. The second-order valence-electron chi connectivity index (χ2n) is 6.03. The van der Waals surface area contributed by atoms with Gasteiger partial charge in [-0.25, -0.2) is 0 Å². The van der Waals surface area contributed by atoms with Crippen molar-refractivity contribution in [1.29, 1.82) is 0 Å². The Morgan fingerprint density at radius 1 is 1.00 bits per heavy atom. The lowest BCUT2D eigenvalue weighted by Crippen LogP contribution is -2.23. The van der Waals surface area contributed by atoms with Gasteiger partial charge in [-0.3, -0.25) is 9.79 Å². The number of phenolic OH excluding ortho intramolecular Hbond substituents is 2. The molecule has 0 amide bonds. The molecule has 0 aliphatic heterocycles. The summed E-state index contributed by atoms with van der Waals surface area (Å²) in [6.07, 6.45) is 1.51. The minimum absolute atomic E-state index is 0.0251. The standard InChI is InChI=1S/C19H19N3O5/c20-19(21)22-9-1-2-10-3-5-11(6-4-10)17-16(26)14(24)12-7-8-13(23)15(25)18(12)27-17/h3-8,23,25-26H,1-2,9H2,(H4,20,21,22). The summed E-state index contributed by atoms with van der Waals surface area (Å²) in [7, 11) is 0. The first-order chi connectivity index (χ1) is 12.9. The molecule has 0 aliphatic carbocycles. The van der Waals surface area contributed by atoms with Gasteiger partial charge in [-0.15, -0.1) is 0 Å². The van der Waals surface area contributed by atoms with Crippen LogP contribution in [0.3, 0.4) is 0 Å². The van der Waals surface area contributed by atoms with Gasteiger partial charge in [-0.05, 0) is 30.5 Å². The predicted octanol–water partition coefficient (Wildman–Crippen LogP) is 1.78. The van der Waals surface area contributed by atoms with Crippen molar-refractivity contribution in [3.05, 3.63) is 52.2 Å². The largest absolute Gasteiger partial charge is 0.504 e. The first-order valence-corrected chi connectivity index (χ1v) is 8.24. The van der Waals surface area contributed by atoms with Gasteiger partial charge in [0.05, 0.1) is 5.39 Å². The Balaban J connectivity index is 1.93. The van der Waals surface area contributed by atoms with E-state index < -0.39 is 22.7 Å². The molecule has 8 nitrogen and oxygen atoms in total. The summed E-state index contributed by atoms with van der Waals surface area (Å²) in [6, 6.07) is 9.48. The van der Waals surface area contributed by atoms with E-state index in [-0.39, 0.29) is 22.7 Å². The van der Waals surface area contributed by atoms with Crippen LogP contribution >= 0.6 is 0 Å². The smallest absolute Gasteiger partial charge is 0.235 e. The van der Waals surface area contributed by atoms with Crippen molar-refractivity contribution in [3.8, 4) is 28.6 Å². The van der Waals surface area contributed by atoms with E-state index in [9.17, 15) is 20.1 Å². The van der Waals surface area contributed by atoms with E-state index in [2.05, 4.69) is 4.99 Å². The van der Waals surface area contributed by atoms with Gasteiger partial charge in [0.2, 0.25) is 16.9 Å². The van der Waals surface area contributed by atoms with Crippen LogP contribution in [0.2, 0.25) is 0 Å². The van der Waals surface area contributed by atoms with Gasteiger partial charge in [0, 0.05) is 12.1 Å². The Morgan fingerprint density at radius 3 is 2.37 bits per heavy atom. The molecule has 0 fully saturated rings. The van der Waals surface area contributed by atoms with E-state index in [1.807, 2.05) is 12.1 Å². The summed E-state index contributed by atoms with van der Waals surface area (Å²) in [5.74, 6) is -1.56. The van der Waals surface area contributed by atoms with E-state index in [4.69, 9.17) is 15.9 Å². The molecule has 0 aliphatic rings. The van der Waals surface area contributed by atoms with E-state index >= 15 is 0 Å². The van der Waals surface area contributed by atoms with Crippen molar-refractivity contribution in [1.82, 2.24) is 0 Å². The van der Waals surface area contributed by atoms with E-state index in [0.29, 0.717) is 12.1 Å².